The van der Waals surface area contributed by atoms with E-state index in [0.717, 1.165) is 145 Å². The van der Waals surface area contributed by atoms with E-state index < -0.39 is 387 Å². The molecule has 56 nitrogen and oxygen atoms in total. The molecule has 14 bridgehead atoms. The summed E-state index contributed by atoms with van der Waals surface area (Å²) in [4.78, 5) is 287. The van der Waals surface area contributed by atoms with Crippen LogP contribution in [0.4, 0.5) is 0 Å². The minimum atomic E-state index is -2.47. The summed E-state index contributed by atoms with van der Waals surface area (Å²) in [5, 5.41) is 0. The Morgan fingerprint density at radius 3 is 0.293 bits per heavy atom. The summed E-state index contributed by atoms with van der Waals surface area (Å²) in [6, 6.07) is 0. The molecule has 0 radical (unpaired) electrons. The predicted molar refractivity (Wildman–Crippen MR) is 429 cm³/mol. The van der Waals surface area contributed by atoms with Gasteiger partial charge in [-0.2, -0.15) is 0 Å². The normalized spacial score (nSPS) is 34.6. The van der Waals surface area contributed by atoms with Gasteiger partial charge in [0.1, 0.15) is 132 Å². The van der Waals surface area contributed by atoms with Crippen molar-refractivity contribution < 1.29 is 266 Å². The quantitative estimate of drug-likeness (QED) is 0.0548. The number of hydrogen-bond donors (Lipinski definition) is 0. The second kappa shape index (κ2) is 51.6. The molecule has 0 aromatic heterocycles. The first kappa shape index (κ1) is 114. The van der Waals surface area contributed by atoms with Gasteiger partial charge < -0.3 is 166 Å². The molecule has 21 aliphatic heterocycles. The van der Waals surface area contributed by atoms with Crippen molar-refractivity contribution in [1.82, 2.24) is 0 Å². The summed E-state index contributed by atoms with van der Waals surface area (Å²) in [6.07, 6.45) is -81.4. The zero-order chi connectivity index (χ0) is 104. The highest BCUT2D eigenvalue weighted by atomic mass is 16.8. The van der Waals surface area contributed by atoms with Crippen molar-refractivity contribution in [2.75, 3.05) is 46.2 Å². The molecule has 0 aliphatic carbocycles. The molecule has 21 fully saturated rings. The van der Waals surface area contributed by atoms with Crippen LogP contribution in [0.3, 0.4) is 0 Å². The van der Waals surface area contributed by atoms with E-state index >= 15 is 0 Å². The highest BCUT2D eigenvalue weighted by Crippen LogP contribution is 2.45. The van der Waals surface area contributed by atoms with Crippen LogP contribution in [0.2, 0.25) is 0 Å². The van der Waals surface area contributed by atoms with Gasteiger partial charge in [-0.15, -0.1) is 0 Å². The molecule has 0 aromatic carbocycles. The summed E-state index contributed by atoms with van der Waals surface area (Å²) >= 11 is 0. The maximum Gasteiger partial charge on any atom is 0.303 e. The Labute approximate surface area is 795 Å². The smallest absolute Gasteiger partial charge is 0.303 e. The molecule has 56 heteroatoms. The summed E-state index contributed by atoms with van der Waals surface area (Å²) in [5.41, 5.74) is 0. The third-order valence-corrected chi connectivity index (χ3v) is 20.6. The van der Waals surface area contributed by atoms with Crippen molar-refractivity contribution >= 4 is 125 Å². The molecule has 0 saturated carbocycles. The zero-order valence-electron chi connectivity index (χ0n) is 79.5. The maximum absolute atomic E-state index is 14.0. The fourth-order valence-electron chi connectivity index (χ4n) is 16.0. The Balaban J connectivity index is 1.52. The van der Waals surface area contributed by atoms with E-state index in [1.807, 2.05) is 0 Å². The van der Waals surface area contributed by atoms with Gasteiger partial charge in [0.25, 0.3) is 0 Å². The van der Waals surface area contributed by atoms with E-state index in [4.69, 9.17) is 166 Å². The first-order chi connectivity index (χ1) is 65.7. The van der Waals surface area contributed by atoms with Crippen molar-refractivity contribution in [3.05, 3.63) is 0 Å². The zero-order valence-corrected chi connectivity index (χ0v) is 79.5. The van der Waals surface area contributed by atoms with Crippen LogP contribution in [-0.2, 0) is 266 Å². The average molecular weight is 2020 g/mol. The topological polar surface area (TPSA) is 682 Å². The average Bonchev–Trinajstić information content (AvgIpc) is 0.767. The van der Waals surface area contributed by atoms with Crippen LogP contribution in [0.1, 0.15) is 145 Å². The molecule has 140 heavy (non-hydrogen) atoms. The lowest BCUT2D eigenvalue weighted by atomic mass is 9.94. The lowest BCUT2D eigenvalue weighted by Gasteiger charge is -2.52. The summed E-state index contributed by atoms with van der Waals surface area (Å²) in [7, 11) is 0. The fourth-order valence-corrected chi connectivity index (χ4v) is 16.0. The molecular weight excluding hydrogens is 1900 g/mol. The highest BCUT2D eigenvalue weighted by molar-refractivity contribution is 5.74. The monoisotopic (exact) mass is 2020 g/mol. The Hall–Kier alpha value is -11.7. The summed E-state index contributed by atoms with van der Waals surface area (Å²) < 4.78 is 215. The van der Waals surface area contributed by atoms with Gasteiger partial charge in [0.05, 0.1) is 0 Å². The Morgan fingerprint density at radius 1 is 0.129 bits per heavy atom. The molecule has 21 saturated heterocycles. The molecule has 21 rings (SSSR count). The second-order valence-electron chi connectivity index (χ2n) is 32.2. The molecule has 0 amide bonds. The summed E-state index contributed by atoms with van der Waals surface area (Å²) in [5.74, 6) is -26.2. The van der Waals surface area contributed by atoms with Gasteiger partial charge in [-0.1, -0.05) is 0 Å². The number of carbonyl (C=O) groups is 21. The maximum atomic E-state index is 14.0. The van der Waals surface area contributed by atoms with E-state index in [0.29, 0.717) is 0 Å². The van der Waals surface area contributed by atoms with Crippen LogP contribution in [0.15, 0.2) is 0 Å². The summed E-state index contributed by atoms with van der Waals surface area (Å²) in [6.45, 7) is 9.45. The van der Waals surface area contributed by atoms with Crippen LogP contribution in [0, 0.1) is 0 Å². The third-order valence-electron chi connectivity index (χ3n) is 20.6. The molecule has 2 unspecified atom stereocenters. The number of ether oxygens (including phenoxy) is 35. The van der Waals surface area contributed by atoms with Crippen molar-refractivity contribution in [2.24, 2.45) is 0 Å². The van der Waals surface area contributed by atoms with Crippen LogP contribution < -0.4 is 0 Å². The fraction of sp³-hybridized carbons (Fsp3) is 0.750. The molecule has 0 spiro atoms. The van der Waals surface area contributed by atoms with Gasteiger partial charge in [-0.3, -0.25) is 101 Å². The molecule has 21 aliphatic rings. The van der Waals surface area contributed by atoms with E-state index in [-0.39, 0.29) is 0 Å². The SMILES string of the molecule is CC(=O)OC[C@H]1O[C@@H]2O[C@H]3C(OC(C)=O)[C@@H](OC(C)=O)[C@H](O[C@H]4[C@H](OC(C)=O)[C@@H](OC(C)=O)[C@@H](O[C@H]5[C@H](OC(C)=O)[C@@H](OC(C)=O)[C@H](O[C@@H]5COC(C)=O)O[C@H]5C(OC(C)=O)[C@@H](OC(C)=O)[C@@H](O[C@H]6[C@H](OC(C)=O)[C@@H](OC(C)=O)[C@@H](O[C@H]7[C@H](OC(C)=O)[C@@H](OC(C)=O)[C@@H](O[C@H]1[C@H](OC(C)=O)[C@H]2OC(C)=O)O[C@@H]7COC(C)=O)O[C@@H]6COC(C)=O)O[C@@H]5COC(C)=O)O[C@@H]4COC(C)=O)O[C@@H]3COC(C)=O. The van der Waals surface area contributed by atoms with Crippen LogP contribution in [-0.4, -0.2) is 387 Å². The van der Waals surface area contributed by atoms with Crippen molar-refractivity contribution in [3.8, 4) is 0 Å². The van der Waals surface area contributed by atoms with Gasteiger partial charge in [0.2, 0.25) is 0 Å². The first-order valence-corrected chi connectivity index (χ1v) is 43.2. The number of carbonyl (C=O) groups excluding carboxylic acids is 21. The molecule has 35 atom stereocenters. The Bertz CT molecular complexity index is 3700. The largest absolute Gasteiger partial charge is 0.463 e. The van der Waals surface area contributed by atoms with Crippen molar-refractivity contribution in [1.29, 1.82) is 0 Å². The molecule has 784 valence electrons. The van der Waals surface area contributed by atoms with Gasteiger partial charge in [-0.25, -0.2) is 0 Å². The van der Waals surface area contributed by atoms with Crippen LogP contribution >= 0.6 is 0 Å². The number of hydrogen-bond acceptors (Lipinski definition) is 56. The standard InChI is InChI=1S/C84H112O56/c1-29(85)106-22-50-57-64(113-36(8)92)71(120-43(15)99)78(127-50)135-58-51(23-107-30(2)86)129-80(73(122-45(17)101)65(58)114-37(9)93)137-60-53(25-109-32(4)88)131-82(75(124-47(19)103)67(60)116-39(11)95)139-62-55(27-111-34(6)90)133-84(77(126-49(21)105)69(62)118-41(13)97)140-63-56(28-112-35(7)91)132-83(76(125-48(20)104)70(63)119-42(14)98)138-61-54(26-110-33(5)89)130-81(74(123-46(18)102)68(61)117-40(12)96)136-59-52(24-108-31(3)87)128-79(134-57)72(121-44(16)100)66(59)115-38(10)94/h50-84H,22-28H2,1-21H3/t50-,51-,52-,53-,54-,55-,56-,57-,58-,59-,60-,61-,62-,63-,64+,65+,66+,67?,68?,69+,70+,71-,72-,73-,74-,75-,76-,77-,78-,79-,80-,81-,82+,83-,84-/m1/s1. The van der Waals surface area contributed by atoms with E-state index in [2.05, 4.69) is 0 Å². The number of esters is 21. The number of rotatable bonds is 28. The minimum Gasteiger partial charge on any atom is -0.463 e. The van der Waals surface area contributed by atoms with E-state index in [1.165, 1.54) is 0 Å². The van der Waals surface area contributed by atoms with Gasteiger partial charge in [-0.05, 0) is 0 Å². The van der Waals surface area contributed by atoms with Crippen LogP contribution in [0.5, 0.6) is 0 Å². The Kier molecular flexibility index (Phi) is 41.9. The Morgan fingerprint density at radius 2 is 0.214 bits per heavy atom. The highest BCUT2D eigenvalue weighted by Gasteiger charge is 2.66. The predicted octanol–water partition coefficient (Wildman–Crippen LogP) is -3.24. The van der Waals surface area contributed by atoms with Gasteiger partial charge in [0, 0.05) is 145 Å². The van der Waals surface area contributed by atoms with E-state index in [1.54, 1.807) is 0 Å². The van der Waals surface area contributed by atoms with Crippen molar-refractivity contribution in [3.63, 3.8) is 0 Å². The molecule has 0 N–H and O–H groups in total. The lowest BCUT2D eigenvalue weighted by Crippen LogP contribution is -2.70. The molecule has 0 aromatic rings. The minimum absolute atomic E-state index is 0.791. The second-order valence-corrected chi connectivity index (χ2v) is 32.2. The molecular formula is C84H112O56. The van der Waals surface area contributed by atoms with Gasteiger partial charge in [0.15, 0.2) is 129 Å². The third kappa shape index (κ3) is 32.4. The van der Waals surface area contributed by atoms with Gasteiger partial charge >= 0.3 is 125 Å². The first-order valence-electron chi connectivity index (χ1n) is 43.2. The van der Waals surface area contributed by atoms with Crippen molar-refractivity contribution in [2.45, 2.75) is 360 Å². The lowest BCUT2D eigenvalue weighted by molar-refractivity contribution is -0.396. The van der Waals surface area contributed by atoms with E-state index in [9.17, 15) is 101 Å². The molecule has 21 heterocycles. The van der Waals surface area contributed by atoms with Crippen LogP contribution in [0.25, 0.3) is 0 Å².